The maximum atomic E-state index is 9.59. The number of aliphatic hydroxyl groups excluding tert-OH is 1. The Bertz CT molecular complexity index is 274. The largest absolute Gasteiger partial charge is 0.374 e. The van der Waals surface area contributed by atoms with Crippen molar-refractivity contribution in [2.24, 2.45) is 0 Å². The minimum Gasteiger partial charge on any atom is -0.374 e. The summed E-state index contributed by atoms with van der Waals surface area (Å²) in [5.41, 5.74) is 0. The third-order valence-corrected chi connectivity index (χ3v) is 3.57. The van der Waals surface area contributed by atoms with Crippen LogP contribution in [0.3, 0.4) is 0 Å². The summed E-state index contributed by atoms with van der Waals surface area (Å²) < 4.78 is 0. The van der Waals surface area contributed by atoms with Crippen molar-refractivity contribution in [3.8, 4) is 0 Å². The molecule has 0 aromatic rings. The second kappa shape index (κ2) is 9.90. The van der Waals surface area contributed by atoms with Gasteiger partial charge in [0.25, 0.3) is 0 Å². The fraction of sp³-hybridized carbons (Fsp3) is 0.750. The molecule has 1 aliphatic rings. The normalized spacial score (nSPS) is 20.2. The molecule has 110 valence electrons. The van der Waals surface area contributed by atoms with Crippen LogP contribution in [0.25, 0.3) is 0 Å². The highest BCUT2D eigenvalue weighted by atomic mass is 16.3. The van der Waals surface area contributed by atoms with Gasteiger partial charge in [-0.2, -0.15) is 0 Å². The van der Waals surface area contributed by atoms with Crippen molar-refractivity contribution in [3.63, 3.8) is 0 Å². The van der Waals surface area contributed by atoms with Gasteiger partial charge in [0.15, 0.2) is 0 Å². The number of nitrogens with one attached hydrogen (secondary N) is 1. The van der Waals surface area contributed by atoms with Gasteiger partial charge in [-0.3, -0.25) is 0 Å². The van der Waals surface area contributed by atoms with Gasteiger partial charge in [-0.1, -0.05) is 31.9 Å². The van der Waals surface area contributed by atoms with Gasteiger partial charge in [-0.15, -0.1) is 0 Å². The molecule has 0 spiro atoms. The molecule has 2 unspecified atom stereocenters. The van der Waals surface area contributed by atoms with Crippen LogP contribution in [0.4, 0.5) is 0 Å². The van der Waals surface area contributed by atoms with Crippen LogP contribution in [-0.2, 0) is 0 Å². The van der Waals surface area contributed by atoms with E-state index in [0.717, 1.165) is 6.42 Å². The van der Waals surface area contributed by atoms with E-state index < -0.39 is 6.23 Å². The van der Waals surface area contributed by atoms with Crippen molar-refractivity contribution in [1.29, 1.82) is 0 Å². The summed E-state index contributed by atoms with van der Waals surface area (Å²) in [6.07, 6.45) is 18.3. The molecule has 1 rings (SSSR count). The number of nitrogens with zero attached hydrogens (tertiary/aromatic N) is 1. The van der Waals surface area contributed by atoms with Crippen LogP contribution in [0.1, 0.15) is 65.2 Å². The topological polar surface area (TPSA) is 35.5 Å². The lowest BCUT2D eigenvalue weighted by Gasteiger charge is -2.28. The Hall–Kier alpha value is -0.960. The highest BCUT2D eigenvalue weighted by Crippen LogP contribution is 2.15. The van der Waals surface area contributed by atoms with Crippen molar-refractivity contribution in [3.05, 3.63) is 24.6 Å². The van der Waals surface area contributed by atoms with Crippen molar-refractivity contribution in [2.75, 3.05) is 0 Å². The molecular weight excluding hydrogens is 236 g/mol. The second-order valence-electron chi connectivity index (χ2n) is 5.33. The number of unbranched alkanes of at least 4 members (excludes halogenated alkanes) is 5. The summed E-state index contributed by atoms with van der Waals surface area (Å²) in [5.74, 6) is 0. The molecule has 0 amide bonds. The molecule has 1 aliphatic heterocycles. The zero-order chi connectivity index (χ0) is 13.9. The van der Waals surface area contributed by atoms with Gasteiger partial charge < -0.3 is 15.3 Å². The van der Waals surface area contributed by atoms with E-state index in [4.69, 9.17) is 0 Å². The number of hydrogen-bond donors (Lipinski definition) is 2. The lowest BCUT2D eigenvalue weighted by atomic mass is 10.1. The fourth-order valence-electron chi connectivity index (χ4n) is 2.40. The summed E-state index contributed by atoms with van der Waals surface area (Å²) in [5, 5.41) is 12.9. The van der Waals surface area contributed by atoms with Crippen LogP contribution in [0.15, 0.2) is 24.6 Å². The zero-order valence-electron chi connectivity index (χ0n) is 12.5. The van der Waals surface area contributed by atoms with E-state index in [-0.39, 0.29) is 6.17 Å². The van der Waals surface area contributed by atoms with E-state index in [1.165, 1.54) is 44.9 Å². The standard InChI is InChI=1S/C16H30N2O/c1-3-4-5-6-7-8-9-10-11-12-16-17-13-14-18(16)15(2)19/h7-8,13-17,19H,3-6,9-12H2,1-2H3/b8-7+. The van der Waals surface area contributed by atoms with Gasteiger partial charge in [0.1, 0.15) is 12.4 Å². The predicted molar refractivity (Wildman–Crippen MR) is 81.3 cm³/mol. The minimum absolute atomic E-state index is 0.272. The van der Waals surface area contributed by atoms with Crippen molar-refractivity contribution in [2.45, 2.75) is 77.6 Å². The highest BCUT2D eigenvalue weighted by molar-refractivity contribution is 4.94. The third kappa shape index (κ3) is 6.67. The molecular formula is C16H30N2O. The highest BCUT2D eigenvalue weighted by Gasteiger charge is 2.20. The Kier molecular flexibility index (Phi) is 8.39. The molecule has 0 saturated heterocycles. The van der Waals surface area contributed by atoms with Crippen molar-refractivity contribution in [1.82, 2.24) is 10.2 Å². The molecule has 2 N–H and O–H groups in total. The third-order valence-electron chi connectivity index (χ3n) is 3.57. The number of hydrogen-bond acceptors (Lipinski definition) is 3. The smallest absolute Gasteiger partial charge is 0.125 e. The summed E-state index contributed by atoms with van der Waals surface area (Å²) in [6, 6.07) is 0. The number of allylic oxidation sites excluding steroid dienone is 2. The van der Waals surface area contributed by atoms with Crippen molar-refractivity contribution >= 4 is 0 Å². The first-order valence-electron chi connectivity index (χ1n) is 7.79. The van der Waals surface area contributed by atoms with Crippen molar-refractivity contribution < 1.29 is 5.11 Å². The molecule has 0 aromatic heterocycles. The molecule has 19 heavy (non-hydrogen) atoms. The minimum atomic E-state index is -0.408. The molecule has 0 radical (unpaired) electrons. The van der Waals surface area contributed by atoms with Crippen LogP contribution >= 0.6 is 0 Å². The first kappa shape index (κ1) is 16.1. The first-order valence-corrected chi connectivity index (χ1v) is 7.79. The molecule has 0 aliphatic carbocycles. The average molecular weight is 266 g/mol. The molecule has 0 saturated carbocycles. The summed E-state index contributed by atoms with van der Waals surface area (Å²) >= 11 is 0. The van der Waals surface area contributed by atoms with Gasteiger partial charge in [0.2, 0.25) is 0 Å². The van der Waals surface area contributed by atoms with Gasteiger partial charge in [-0.05, 0) is 45.4 Å². The van der Waals surface area contributed by atoms with Gasteiger partial charge in [0.05, 0.1) is 0 Å². The van der Waals surface area contributed by atoms with Crippen LogP contribution < -0.4 is 5.32 Å². The molecule has 3 nitrogen and oxygen atoms in total. The van der Waals surface area contributed by atoms with E-state index in [0.29, 0.717) is 0 Å². The monoisotopic (exact) mass is 266 g/mol. The molecule has 3 heteroatoms. The Balaban J connectivity index is 1.99. The van der Waals surface area contributed by atoms with Gasteiger partial charge >= 0.3 is 0 Å². The lowest BCUT2D eigenvalue weighted by Crippen LogP contribution is -2.40. The quantitative estimate of drug-likeness (QED) is 0.467. The molecule has 1 heterocycles. The fourth-order valence-corrected chi connectivity index (χ4v) is 2.40. The maximum Gasteiger partial charge on any atom is 0.125 e. The van der Waals surface area contributed by atoms with E-state index in [9.17, 15) is 5.11 Å². The van der Waals surface area contributed by atoms with Crippen LogP contribution in [0.5, 0.6) is 0 Å². The lowest BCUT2D eigenvalue weighted by molar-refractivity contribution is 0.0255. The predicted octanol–water partition coefficient (Wildman–Crippen LogP) is 3.72. The Morgan fingerprint density at radius 3 is 2.53 bits per heavy atom. The van der Waals surface area contributed by atoms with E-state index in [2.05, 4.69) is 24.4 Å². The molecule has 0 bridgehead atoms. The van der Waals surface area contributed by atoms with E-state index >= 15 is 0 Å². The summed E-state index contributed by atoms with van der Waals surface area (Å²) in [6.45, 7) is 4.05. The molecule has 0 aromatic carbocycles. The first-order chi connectivity index (χ1) is 9.25. The van der Waals surface area contributed by atoms with Gasteiger partial charge in [-0.25, -0.2) is 0 Å². The van der Waals surface area contributed by atoms with E-state index in [1.54, 1.807) is 0 Å². The van der Waals surface area contributed by atoms with Crippen LogP contribution in [-0.4, -0.2) is 22.4 Å². The summed E-state index contributed by atoms with van der Waals surface area (Å²) in [4.78, 5) is 1.97. The summed E-state index contributed by atoms with van der Waals surface area (Å²) in [7, 11) is 0. The molecule has 0 fully saturated rings. The Morgan fingerprint density at radius 1 is 1.21 bits per heavy atom. The Morgan fingerprint density at radius 2 is 1.89 bits per heavy atom. The van der Waals surface area contributed by atoms with E-state index in [1.807, 2.05) is 24.2 Å². The number of rotatable bonds is 10. The second-order valence-corrected chi connectivity index (χ2v) is 5.33. The van der Waals surface area contributed by atoms with Crippen LogP contribution in [0, 0.1) is 0 Å². The Labute approximate surface area is 118 Å². The van der Waals surface area contributed by atoms with Crippen LogP contribution in [0.2, 0.25) is 0 Å². The molecule has 2 atom stereocenters. The SMILES string of the molecule is CCCCC/C=C/CCCCC1NC=CN1C(C)O. The maximum absolute atomic E-state index is 9.59. The average Bonchev–Trinajstić information content (AvgIpc) is 2.85. The number of aliphatic hydroxyl groups is 1. The zero-order valence-corrected chi connectivity index (χ0v) is 12.5. The van der Waals surface area contributed by atoms with Gasteiger partial charge in [0, 0.05) is 12.4 Å².